The summed E-state index contributed by atoms with van der Waals surface area (Å²) in [6.07, 6.45) is -1.11. The van der Waals surface area contributed by atoms with Gasteiger partial charge in [-0.3, -0.25) is 4.79 Å². The highest BCUT2D eigenvalue weighted by Crippen LogP contribution is 2.38. The molecule has 27 heavy (non-hydrogen) atoms. The number of thiazole rings is 1. The second kappa shape index (κ2) is 6.61. The third-order valence-corrected chi connectivity index (χ3v) is 5.43. The molecule has 6 nitrogen and oxygen atoms in total. The lowest BCUT2D eigenvalue weighted by molar-refractivity contribution is -0.136. The van der Waals surface area contributed by atoms with E-state index in [0.717, 1.165) is 17.4 Å². The van der Waals surface area contributed by atoms with Crippen LogP contribution < -0.4 is 5.32 Å². The average Bonchev–Trinajstić information content (AvgIpc) is 3.30. The first-order chi connectivity index (χ1) is 12.8. The standard InChI is InChI=1S/C17H15F3N4O2S/c1-24-7-6-21-14(24)13-9(5-8-26-13)15(25)23-16-22-12-10(17(18,19)20)3-2-4-11(12)27-16/h2-4,6-7,9,13H,5,8H2,1H3,(H,22,23,25)/t9-,13-/m1/s1. The van der Waals surface area contributed by atoms with Crippen molar-refractivity contribution in [3.63, 3.8) is 0 Å². The number of hydrogen-bond donors (Lipinski definition) is 1. The number of alkyl halides is 3. The highest BCUT2D eigenvalue weighted by molar-refractivity contribution is 7.22. The number of aryl methyl sites for hydroxylation is 1. The zero-order valence-electron chi connectivity index (χ0n) is 14.2. The molecular weight excluding hydrogens is 381 g/mol. The van der Waals surface area contributed by atoms with Crippen LogP contribution in [0.4, 0.5) is 18.3 Å². The van der Waals surface area contributed by atoms with Crippen LogP contribution in [0.3, 0.4) is 0 Å². The Bertz CT molecular complexity index is 998. The normalized spacial score (nSPS) is 20.3. The molecule has 1 N–H and O–H groups in total. The number of imidazole rings is 1. The molecule has 2 aromatic heterocycles. The Morgan fingerprint density at radius 2 is 2.22 bits per heavy atom. The molecule has 0 unspecified atom stereocenters. The lowest BCUT2D eigenvalue weighted by atomic mass is 10.00. The molecule has 10 heteroatoms. The summed E-state index contributed by atoms with van der Waals surface area (Å²) in [4.78, 5) is 20.9. The topological polar surface area (TPSA) is 69.0 Å². The molecule has 142 valence electrons. The van der Waals surface area contributed by atoms with E-state index < -0.39 is 23.8 Å². The molecule has 3 aromatic rings. The van der Waals surface area contributed by atoms with E-state index in [0.29, 0.717) is 23.6 Å². The van der Waals surface area contributed by atoms with E-state index in [9.17, 15) is 18.0 Å². The maximum Gasteiger partial charge on any atom is 0.418 e. The number of aromatic nitrogens is 3. The first-order valence-electron chi connectivity index (χ1n) is 8.21. The van der Waals surface area contributed by atoms with E-state index in [1.807, 2.05) is 7.05 Å². The number of para-hydroxylation sites is 1. The molecule has 0 saturated carbocycles. The summed E-state index contributed by atoms with van der Waals surface area (Å²) in [6.45, 7) is 0.410. The number of hydrogen-bond acceptors (Lipinski definition) is 5. The van der Waals surface area contributed by atoms with Crippen LogP contribution in [0, 0.1) is 5.92 Å². The molecule has 1 fully saturated rings. The van der Waals surface area contributed by atoms with Crippen LogP contribution in [0.1, 0.15) is 23.9 Å². The number of halogens is 3. The minimum absolute atomic E-state index is 0.136. The van der Waals surface area contributed by atoms with Gasteiger partial charge in [-0.05, 0) is 18.6 Å². The van der Waals surface area contributed by atoms with Crippen molar-refractivity contribution in [1.29, 1.82) is 0 Å². The van der Waals surface area contributed by atoms with E-state index in [-0.39, 0.29) is 16.6 Å². The second-order valence-corrected chi connectivity index (χ2v) is 7.27. The third-order valence-electron chi connectivity index (χ3n) is 4.50. The Morgan fingerprint density at radius 1 is 1.41 bits per heavy atom. The van der Waals surface area contributed by atoms with Crippen LogP contribution in [-0.2, 0) is 22.8 Å². The number of amides is 1. The van der Waals surface area contributed by atoms with Gasteiger partial charge in [-0.1, -0.05) is 17.4 Å². The van der Waals surface area contributed by atoms with Gasteiger partial charge in [0.25, 0.3) is 0 Å². The third kappa shape index (κ3) is 3.30. The van der Waals surface area contributed by atoms with Crippen molar-refractivity contribution in [3.05, 3.63) is 42.0 Å². The van der Waals surface area contributed by atoms with E-state index in [2.05, 4.69) is 15.3 Å². The summed E-state index contributed by atoms with van der Waals surface area (Å²) in [5.41, 5.74) is -0.972. The molecule has 0 radical (unpaired) electrons. The van der Waals surface area contributed by atoms with Gasteiger partial charge in [-0.25, -0.2) is 9.97 Å². The number of carbonyl (C=O) groups excluding carboxylic acids is 1. The summed E-state index contributed by atoms with van der Waals surface area (Å²) in [5.74, 6) is -0.190. The molecule has 0 spiro atoms. The van der Waals surface area contributed by atoms with Crippen molar-refractivity contribution in [2.24, 2.45) is 13.0 Å². The van der Waals surface area contributed by atoms with E-state index in [4.69, 9.17) is 4.74 Å². The van der Waals surface area contributed by atoms with Gasteiger partial charge < -0.3 is 14.6 Å². The molecule has 4 rings (SSSR count). The Labute approximate surface area is 156 Å². The minimum atomic E-state index is -4.50. The van der Waals surface area contributed by atoms with Crippen LogP contribution in [0.25, 0.3) is 10.2 Å². The van der Waals surface area contributed by atoms with Crippen molar-refractivity contribution in [2.45, 2.75) is 18.7 Å². The Hall–Kier alpha value is -2.46. The second-order valence-electron chi connectivity index (χ2n) is 6.24. The number of rotatable bonds is 3. The van der Waals surface area contributed by atoms with Gasteiger partial charge >= 0.3 is 6.18 Å². The Balaban J connectivity index is 1.59. The molecule has 2 atom stereocenters. The maximum atomic E-state index is 13.1. The van der Waals surface area contributed by atoms with Crippen molar-refractivity contribution in [1.82, 2.24) is 14.5 Å². The van der Waals surface area contributed by atoms with Crippen molar-refractivity contribution >= 4 is 32.6 Å². The van der Waals surface area contributed by atoms with Crippen molar-refractivity contribution in [2.75, 3.05) is 11.9 Å². The summed E-state index contributed by atoms with van der Waals surface area (Å²) < 4.78 is 47.2. The first kappa shape index (κ1) is 17.9. The zero-order valence-corrected chi connectivity index (χ0v) is 15.0. The van der Waals surface area contributed by atoms with Crippen LogP contribution >= 0.6 is 11.3 Å². The number of fused-ring (bicyclic) bond motifs is 1. The molecule has 0 aliphatic carbocycles. The predicted molar refractivity (Wildman–Crippen MR) is 93.3 cm³/mol. The van der Waals surface area contributed by atoms with Gasteiger partial charge in [0.2, 0.25) is 5.91 Å². The average molecular weight is 396 g/mol. The fourth-order valence-electron chi connectivity index (χ4n) is 3.19. The van der Waals surface area contributed by atoms with Crippen molar-refractivity contribution < 1.29 is 22.7 Å². The molecule has 1 saturated heterocycles. The minimum Gasteiger partial charge on any atom is -0.369 e. The number of benzene rings is 1. The van der Waals surface area contributed by atoms with Crippen LogP contribution in [0.15, 0.2) is 30.6 Å². The molecule has 3 heterocycles. The molecular formula is C17H15F3N4O2S. The summed E-state index contributed by atoms with van der Waals surface area (Å²) in [6, 6.07) is 3.86. The Kier molecular flexibility index (Phi) is 4.39. The Morgan fingerprint density at radius 3 is 2.93 bits per heavy atom. The molecule has 1 aromatic carbocycles. The van der Waals surface area contributed by atoms with E-state index >= 15 is 0 Å². The van der Waals surface area contributed by atoms with Gasteiger partial charge in [0.05, 0.1) is 21.7 Å². The van der Waals surface area contributed by atoms with Gasteiger partial charge in [0.15, 0.2) is 5.13 Å². The summed E-state index contributed by atoms with van der Waals surface area (Å²) in [7, 11) is 1.81. The number of nitrogens with one attached hydrogen (secondary N) is 1. The SMILES string of the molecule is Cn1ccnc1[C@@H]1OCC[C@H]1C(=O)Nc1nc2c(C(F)(F)F)cccc2s1. The largest absolute Gasteiger partial charge is 0.418 e. The summed E-state index contributed by atoms with van der Waals surface area (Å²) >= 11 is 1.01. The predicted octanol–water partition coefficient (Wildman–Crippen LogP) is 3.76. The number of anilines is 1. The number of ether oxygens (including phenoxy) is 1. The lowest BCUT2D eigenvalue weighted by Gasteiger charge is -2.17. The highest BCUT2D eigenvalue weighted by Gasteiger charge is 2.38. The molecule has 1 amide bonds. The van der Waals surface area contributed by atoms with Gasteiger partial charge in [0.1, 0.15) is 11.9 Å². The quantitative estimate of drug-likeness (QED) is 0.732. The van der Waals surface area contributed by atoms with Gasteiger partial charge in [-0.15, -0.1) is 0 Å². The smallest absolute Gasteiger partial charge is 0.369 e. The van der Waals surface area contributed by atoms with Gasteiger partial charge in [0, 0.05) is 26.0 Å². The van der Waals surface area contributed by atoms with Gasteiger partial charge in [-0.2, -0.15) is 13.2 Å². The van der Waals surface area contributed by atoms with Crippen LogP contribution in [0.5, 0.6) is 0 Å². The fraction of sp³-hybridized carbons (Fsp3) is 0.353. The number of carbonyl (C=O) groups is 1. The zero-order chi connectivity index (χ0) is 19.2. The molecule has 0 bridgehead atoms. The lowest BCUT2D eigenvalue weighted by Crippen LogP contribution is -2.26. The molecule has 1 aliphatic rings. The van der Waals surface area contributed by atoms with Crippen molar-refractivity contribution in [3.8, 4) is 0 Å². The monoisotopic (exact) mass is 396 g/mol. The molecule has 1 aliphatic heterocycles. The number of nitrogens with zero attached hydrogens (tertiary/aromatic N) is 3. The highest BCUT2D eigenvalue weighted by atomic mass is 32.1. The summed E-state index contributed by atoms with van der Waals surface area (Å²) in [5, 5.41) is 2.78. The fourth-order valence-corrected chi connectivity index (χ4v) is 4.09. The maximum absolute atomic E-state index is 13.1. The van der Waals surface area contributed by atoms with E-state index in [1.54, 1.807) is 23.0 Å². The van der Waals surface area contributed by atoms with Crippen LogP contribution in [0.2, 0.25) is 0 Å². The first-order valence-corrected chi connectivity index (χ1v) is 9.02. The van der Waals surface area contributed by atoms with E-state index in [1.165, 1.54) is 6.07 Å². The van der Waals surface area contributed by atoms with Crippen LogP contribution in [-0.4, -0.2) is 27.0 Å².